The van der Waals surface area contributed by atoms with E-state index in [4.69, 9.17) is 0 Å². The van der Waals surface area contributed by atoms with Crippen molar-refractivity contribution in [2.75, 3.05) is 19.6 Å². The number of hydrogen-bond donors (Lipinski definition) is 3. The minimum atomic E-state index is -0.0927. The van der Waals surface area contributed by atoms with Crippen LogP contribution in [-0.4, -0.2) is 47.0 Å². The highest BCUT2D eigenvalue weighted by atomic mass is 16.2. The van der Waals surface area contributed by atoms with Gasteiger partial charge in [0.25, 0.3) is 0 Å². The Morgan fingerprint density at radius 3 is 2.48 bits per heavy atom. The van der Waals surface area contributed by atoms with E-state index in [2.05, 4.69) is 46.1 Å². The summed E-state index contributed by atoms with van der Waals surface area (Å²) in [5, 5.41) is 7.52. The molecular formula is C27H34N4O2. The first-order chi connectivity index (χ1) is 16.1. The second-order valence-electron chi connectivity index (χ2n) is 10.9. The van der Waals surface area contributed by atoms with Crippen LogP contribution in [0.1, 0.15) is 56.9 Å². The lowest BCUT2D eigenvalue weighted by molar-refractivity contribution is -0.130. The molecule has 6 nitrogen and oxygen atoms in total. The number of nitrogens with zero attached hydrogens (tertiary/aromatic N) is 1. The molecule has 1 aromatic carbocycles. The Bertz CT molecular complexity index is 1070. The summed E-state index contributed by atoms with van der Waals surface area (Å²) in [6, 6.07) is 8.23. The summed E-state index contributed by atoms with van der Waals surface area (Å²) in [4.78, 5) is 30.6. The standard InChI is InChI=1S/C27H34N4O2/c32-25(31-9-6-21(7-10-31)23-17-29-24-4-2-1-3-22(23)24)5-8-28-26(33)30-27-14-18-11-19(15-27)13-20(12-18)16-27/h1-4,6,17-20,29H,5,7-16H2,(H2,28,30,33). The summed E-state index contributed by atoms with van der Waals surface area (Å²) in [5.74, 6) is 2.53. The fourth-order valence-electron chi connectivity index (χ4n) is 7.47. The zero-order valence-electron chi connectivity index (χ0n) is 19.2. The van der Waals surface area contributed by atoms with Gasteiger partial charge in [0.2, 0.25) is 5.91 Å². The number of amides is 3. The van der Waals surface area contributed by atoms with Crippen molar-refractivity contribution in [3.05, 3.63) is 42.1 Å². The van der Waals surface area contributed by atoms with Gasteiger partial charge < -0.3 is 20.5 Å². The molecule has 1 aromatic heterocycles. The van der Waals surface area contributed by atoms with Gasteiger partial charge in [0.05, 0.1) is 0 Å². The number of rotatable bonds is 5. The van der Waals surface area contributed by atoms with E-state index in [-0.39, 0.29) is 17.5 Å². The third-order valence-corrected chi connectivity index (χ3v) is 8.54. The van der Waals surface area contributed by atoms with E-state index in [1.807, 2.05) is 11.0 Å². The number of carbonyl (C=O) groups is 2. The molecule has 3 N–H and O–H groups in total. The molecule has 4 saturated carbocycles. The Kier molecular flexibility index (Phi) is 5.19. The van der Waals surface area contributed by atoms with Crippen molar-refractivity contribution in [1.29, 1.82) is 0 Å². The van der Waals surface area contributed by atoms with Gasteiger partial charge >= 0.3 is 6.03 Å². The van der Waals surface area contributed by atoms with Crippen molar-refractivity contribution in [1.82, 2.24) is 20.5 Å². The maximum absolute atomic E-state index is 12.7. The summed E-state index contributed by atoms with van der Waals surface area (Å²) < 4.78 is 0. The Labute approximate surface area is 195 Å². The molecule has 1 aliphatic heterocycles. The molecule has 33 heavy (non-hydrogen) atoms. The molecule has 0 spiro atoms. The van der Waals surface area contributed by atoms with Crippen LogP contribution in [-0.2, 0) is 4.79 Å². The molecule has 6 heteroatoms. The van der Waals surface area contributed by atoms with Crippen LogP contribution in [0.4, 0.5) is 4.79 Å². The van der Waals surface area contributed by atoms with Gasteiger partial charge in [0.15, 0.2) is 0 Å². The summed E-state index contributed by atoms with van der Waals surface area (Å²) >= 11 is 0. The predicted molar refractivity (Wildman–Crippen MR) is 130 cm³/mol. The van der Waals surface area contributed by atoms with E-state index in [1.165, 1.54) is 35.8 Å². The largest absolute Gasteiger partial charge is 0.361 e. The lowest BCUT2D eigenvalue weighted by Gasteiger charge is -2.56. The van der Waals surface area contributed by atoms with Crippen molar-refractivity contribution >= 4 is 28.4 Å². The van der Waals surface area contributed by atoms with E-state index >= 15 is 0 Å². The van der Waals surface area contributed by atoms with Crippen molar-refractivity contribution in [3.8, 4) is 0 Å². The molecule has 3 amide bonds. The van der Waals surface area contributed by atoms with Crippen LogP contribution >= 0.6 is 0 Å². The summed E-state index contributed by atoms with van der Waals surface area (Å²) in [5.41, 5.74) is 3.69. The monoisotopic (exact) mass is 446 g/mol. The fourth-order valence-corrected chi connectivity index (χ4v) is 7.47. The number of fused-ring (bicyclic) bond motifs is 1. The average molecular weight is 447 g/mol. The number of aromatic amines is 1. The number of carbonyl (C=O) groups excluding carboxylic acids is 2. The number of H-pyrrole nitrogens is 1. The van der Waals surface area contributed by atoms with Gasteiger partial charge in [-0.05, 0) is 74.3 Å². The Morgan fingerprint density at radius 2 is 1.79 bits per heavy atom. The molecule has 4 fully saturated rings. The highest BCUT2D eigenvalue weighted by molar-refractivity contribution is 5.93. The molecule has 174 valence electrons. The highest BCUT2D eigenvalue weighted by Gasteiger charge is 2.51. The van der Waals surface area contributed by atoms with Crippen LogP contribution < -0.4 is 10.6 Å². The molecule has 4 aliphatic carbocycles. The SMILES string of the molecule is O=C(NCCC(=O)N1CC=C(c2c[nH]c3ccccc23)CC1)NC12CC3CC(CC(C3)C1)C2. The topological polar surface area (TPSA) is 77.2 Å². The lowest BCUT2D eigenvalue weighted by Crippen LogP contribution is -2.61. The zero-order chi connectivity index (χ0) is 22.4. The molecular weight excluding hydrogens is 412 g/mol. The van der Waals surface area contributed by atoms with Crippen LogP contribution in [0.2, 0.25) is 0 Å². The predicted octanol–water partition coefficient (Wildman–Crippen LogP) is 4.44. The van der Waals surface area contributed by atoms with Crippen LogP contribution in [0.5, 0.6) is 0 Å². The number of benzene rings is 1. The Hall–Kier alpha value is -2.76. The fraction of sp³-hybridized carbons (Fsp3) is 0.556. The lowest BCUT2D eigenvalue weighted by atomic mass is 9.53. The molecule has 4 bridgehead atoms. The summed E-state index contributed by atoms with van der Waals surface area (Å²) in [6.07, 6.45) is 13.0. The van der Waals surface area contributed by atoms with Crippen LogP contribution in [0, 0.1) is 17.8 Å². The van der Waals surface area contributed by atoms with Gasteiger partial charge in [-0.3, -0.25) is 4.79 Å². The third-order valence-electron chi connectivity index (χ3n) is 8.54. The Balaban J connectivity index is 0.983. The number of nitrogens with one attached hydrogen (secondary N) is 3. The minimum Gasteiger partial charge on any atom is -0.361 e. The number of hydrogen-bond acceptors (Lipinski definition) is 2. The van der Waals surface area contributed by atoms with E-state index in [9.17, 15) is 9.59 Å². The maximum Gasteiger partial charge on any atom is 0.315 e. The second-order valence-corrected chi connectivity index (χ2v) is 10.9. The molecule has 5 aliphatic rings. The first-order valence-electron chi connectivity index (χ1n) is 12.7. The summed E-state index contributed by atoms with van der Waals surface area (Å²) in [7, 11) is 0. The Morgan fingerprint density at radius 1 is 1.06 bits per heavy atom. The van der Waals surface area contributed by atoms with E-state index in [1.54, 1.807) is 0 Å². The normalized spacial score (nSPS) is 30.4. The van der Waals surface area contributed by atoms with E-state index in [0.29, 0.717) is 19.5 Å². The van der Waals surface area contributed by atoms with Crippen LogP contribution in [0.3, 0.4) is 0 Å². The molecule has 0 unspecified atom stereocenters. The van der Waals surface area contributed by atoms with Crippen LogP contribution in [0.25, 0.3) is 16.5 Å². The summed E-state index contributed by atoms with van der Waals surface area (Å²) in [6.45, 7) is 1.75. The van der Waals surface area contributed by atoms with Gasteiger partial charge in [-0.25, -0.2) is 4.79 Å². The smallest absolute Gasteiger partial charge is 0.315 e. The first kappa shape index (κ1) is 20.8. The van der Waals surface area contributed by atoms with Crippen molar-refractivity contribution < 1.29 is 9.59 Å². The van der Waals surface area contributed by atoms with Gasteiger partial charge in [0.1, 0.15) is 0 Å². The van der Waals surface area contributed by atoms with Crippen molar-refractivity contribution in [2.24, 2.45) is 17.8 Å². The molecule has 0 saturated heterocycles. The van der Waals surface area contributed by atoms with Crippen LogP contribution in [0.15, 0.2) is 36.5 Å². The first-order valence-corrected chi connectivity index (χ1v) is 12.7. The molecule has 7 rings (SSSR count). The second kappa shape index (κ2) is 8.23. The number of urea groups is 1. The zero-order valence-corrected chi connectivity index (χ0v) is 19.2. The molecule has 0 atom stereocenters. The highest BCUT2D eigenvalue weighted by Crippen LogP contribution is 2.55. The van der Waals surface area contributed by atoms with E-state index in [0.717, 1.165) is 55.5 Å². The maximum atomic E-state index is 12.7. The van der Waals surface area contributed by atoms with Crippen molar-refractivity contribution in [2.45, 2.75) is 56.9 Å². The number of aromatic nitrogens is 1. The third kappa shape index (κ3) is 4.04. The molecule has 2 heterocycles. The molecule has 0 radical (unpaired) electrons. The van der Waals surface area contributed by atoms with Gasteiger partial charge in [-0.15, -0.1) is 0 Å². The van der Waals surface area contributed by atoms with Gasteiger partial charge in [-0.1, -0.05) is 24.3 Å². The van der Waals surface area contributed by atoms with Gasteiger partial charge in [-0.2, -0.15) is 0 Å². The number of para-hydroxylation sites is 1. The average Bonchev–Trinajstić information content (AvgIpc) is 3.22. The van der Waals surface area contributed by atoms with Crippen molar-refractivity contribution in [3.63, 3.8) is 0 Å². The quantitative estimate of drug-likeness (QED) is 0.635. The van der Waals surface area contributed by atoms with Gasteiger partial charge in [0, 0.05) is 54.3 Å². The minimum absolute atomic E-state index is 0.0132. The molecule has 2 aromatic rings. The van der Waals surface area contributed by atoms with E-state index < -0.39 is 0 Å².